The first-order chi connectivity index (χ1) is 10.0. The highest BCUT2D eigenvalue weighted by atomic mass is 79.9. The van der Waals surface area contributed by atoms with E-state index in [-0.39, 0.29) is 5.54 Å². The van der Waals surface area contributed by atoms with Crippen molar-refractivity contribution in [2.45, 2.75) is 57.5 Å². The van der Waals surface area contributed by atoms with Crippen LogP contribution in [0.5, 0.6) is 0 Å². The van der Waals surface area contributed by atoms with Crippen LogP contribution in [0.1, 0.15) is 57.6 Å². The number of nitrogens with zero attached hydrogens (tertiary/aromatic N) is 1. The standard InChI is InChI=1S/C17H29BrN2S/c1-5-9-19-16(14-11-21-12-15(14)18)17(20(3)4)8-6-7-13(2)10-17/h11-13,16,19H,5-10H2,1-4H3. The van der Waals surface area contributed by atoms with E-state index in [0.717, 1.165) is 12.5 Å². The average molecular weight is 373 g/mol. The quantitative estimate of drug-likeness (QED) is 0.750. The lowest BCUT2D eigenvalue weighted by atomic mass is 9.70. The van der Waals surface area contributed by atoms with Gasteiger partial charge in [0, 0.05) is 15.4 Å². The van der Waals surface area contributed by atoms with Gasteiger partial charge in [-0.3, -0.25) is 0 Å². The molecule has 1 aromatic rings. The number of thiophene rings is 1. The van der Waals surface area contributed by atoms with E-state index in [1.54, 1.807) is 11.3 Å². The Morgan fingerprint density at radius 3 is 2.76 bits per heavy atom. The topological polar surface area (TPSA) is 15.3 Å². The monoisotopic (exact) mass is 372 g/mol. The lowest BCUT2D eigenvalue weighted by Crippen LogP contribution is -2.56. The largest absolute Gasteiger partial charge is 0.308 e. The van der Waals surface area contributed by atoms with E-state index < -0.39 is 0 Å². The summed E-state index contributed by atoms with van der Waals surface area (Å²) < 4.78 is 1.26. The molecule has 2 rings (SSSR count). The van der Waals surface area contributed by atoms with Crippen LogP contribution in [-0.4, -0.2) is 31.1 Å². The van der Waals surface area contributed by atoms with Gasteiger partial charge in [-0.05, 0) is 72.7 Å². The van der Waals surface area contributed by atoms with Crippen LogP contribution in [0.4, 0.5) is 0 Å². The Balaban J connectivity index is 2.38. The summed E-state index contributed by atoms with van der Waals surface area (Å²) in [6.07, 6.45) is 6.46. The van der Waals surface area contributed by atoms with Gasteiger partial charge in [-0.2, -0.15) is 11.3 Å². The summed E-state index contributed by atoms with van der Waals surface area (Å²) in [5.74, 6) is 0.810. The number of hydrogen-bond donors (Lipinski definition) is 1. The second-order valence-corrected chi connectivity index (χ2v) is 8.36. The summed E-state index contributed by atoms with van der Waals surface area (Å²) in [6, 6.07) is 0.413. The SMILES string of the molecule is CCCNC(c1cscc1Br)C1(N(C)C)CCCC(C)C1. The van der Waals surface area contributed by atoms with Gasteiger partial charge in [0.1, 0.15) is 0 Å². The van der Waals surface area contributed by atoms with Gasteiger partial charge < -0.3 is 10.2 Å². The molecule has 1 heterocycles. The van der Waals surface area contributed by atoms with E-state index in [1.807, 2.05) is 0 Å². The van der Waals surface area contributed by atoms with E-state index in [0.29, 0.717) is 6.04 Å². The fourth-order valence-corrected chi connectivity index (χ4v) is 5.42. The maximum atomic E-state index is 3.86. The Kier molecular flexibility index (Phi) is 6.30. The van der Waals surface area contributed by atoms with Crippen molar-refractivity contribution in [1.82, 2.24) is 10.2 Å². The lowest BCUT2D eigenvalue weighted by Gasteiger charge is -2.50. The van der Waals surface area contributed by atoms with Crippen molar-refractivity contribution in [3.63, 3.8) is 0 Å². The van der Waals surface area contributed by atoms with Gasteiger partial charge in [0.05, 0.1) is 6.04 Å². The Hall–Kier alpha value is 0.1000. The second-order valence-electron chi connectivity index (χ2n) is 6.76. The molecule has 1 N–H and O–H groups in total. The molecule has 1 saturated carbocycles. The maximum absolute atomic E-state index is 3.86. The van der Waals surface area contributed by atoms with Crippen LogP contribution in [0.3, 0.4) is 0 Å². The molecular weight excluding hydrogens is 344 g/mol. The van der Waals surface area contributed by atoms with Gasteiger partial charge in [0.15, 0.2) is 0 Å². The fourth-order valence-electron chi connectivity index (χ4n) is 3.87. The molecule has 0 aliphatic heterocycles. The van der Waals surface area contributed by atoms with Crippen molar-refractivity contribution in [1.29, 1.82) is 0 Å². The first-order valence-electron chi connectivity index (χ1n) is 8.13. The minimum absolute atomic E-state index is 0.233. The zero-order chi connectivity index (χ0) is 15.5. The van der Waals surface area contributed by atoms with E-state index in [4.69, 9.17) is 0 Å². The Morgan fingerprint density at radius 1 is 1.48 bits per heavy atom. The van der Waals surface area contributed by atoms with Crippen LogP contribution in [0.15, 0.2) is 15.2 Å². The third kappa shape index (κ3) is 3.72. The molecular formula is C17H29BrN2S. The van der Waals surface area contributed by atoms with E-state index >= 15 is 0 Å². The first-order valence-corrected chi connectivity index (χ1v) is 9.87. The Bertz CT molecular complexity index is 446. The van der Waals surface area contributed by atoms with Crippen LogP contribution in [0, 0.1) is 5.92 Å². The molecule has 120 valence electrons. The minimum atomic E-state index is 0.233. The fraction of sp³-hybridized carbons (Fsp3) is 0.765. The van der Waals surface area contributed by atoms with Crippen LogP contribution in [0.25, 0.3) is 0 Å². The van der Waals surface area contributed by atoms with Crippen LogP contribution in [-0.2, 0) is 0 Å². The molecule has 0 amide bonds. The summed E-state index contributed by atoms with van der Waals surface area (Å²) in [4.78, 5) is 2.49. The molecule has 21 heavy (non-hydrogen) atoms. The van der Waals surface area contributed by atoms with E-state index in [1.165, 1.54) is 42.1 Å². The molecule has 3 atom stereocenters. The van der Waals surface area contributed by atoms with Crippen molar-refractivity contribution in [3.8, 4) is 0 Å². The summed E-state index contributed by atoms with van der Waals surface area (Å²) >= 11 is 5.56. The predicted molar refractivity (Wildman–Crippen MR) is 97.1 cm³/mol. The van der Waals surface area contributed by atoms with Gasteiger partial charge in [-0.1, -0.05) is 26.7 Å². The molecule has 4 heteroatoms. The summed E-state index contributed by atoms with van der Waals surface area (Å²) in [5, 5.41) is 8.40. The van der Waals surface area contributed by atoms with Crippen molar-refractivity contribution in [2.75, 3.05) is 20.6 Å². The maximum Gasteiger partial charge on any atom is 0.0526 e. The Labute approximate surface area is 142 Å². The minimum Gasteiger partial charge on any atom is -0.308 e. The normalized spacial score (nSPS) is 28.0. The van der Waals surface area contributed by atoms with Crippen LogP contribution < -0.4 is 5.32 Å². The first kappa shape index (κ1) is 17.5. The Morgan fingerprint density at radius 2 is 2.24 bits per heavy atom. The molecule has 1 fully saturated rings. The highest BCUT2D eigenvalue weighted by Gasteiger charge is 2.44. The summed E-state index contributed by atoms with van der Waals surface area (Å²) in [5.41, 5.74) is 1.67. The van der Waals surface area contributed by atoms with Crippen molar-refractivity contribution in [3.05, 3.63) is 20.8 Å². The highest BCUT2D eigenvalue weighted by molar-refractivity contribution is 9.10. The molecule has 0 spiro atoms. The lowest BCUT2D eigenvalue weighted by molar-refractivity contribution is 0.0366. The van der Waals surface area contributed by atoms with Gasteiger partial charge in [-0.15, -0.1) is 0 Å². The van der Waals surface area contributed by atoms with Crippen molar-refractivity contribution >= 4 is 27.3 Å². The van der Waals surface area contributed by atoms with E-state index in [2.05, 4.69) is 64.8 Å². The molecule has 0 radical (unpaired) electrons. The van der Waals surface area contributed by atoms with Crippen LogP contribution >= 0.6 is 27.3 Å². The molecule has 1 aliphatic carbocycles. The average Bonchev–Trinajstić information content (AvgIpc) is 2.85. The van der Waals surface area contributed by atoms with Gasteiger partial charge >= 0.3 is 0 Å². The van der Waals surface area contributed by atoms with Gasteiger partial charge in [0.25, 0.3) is 0 Å². The van der Waals surface area contributed by atoms with Gasteiger partial charge in [0.2, 0.25) is 0 Å². The molecule has 3 unspecified atom stereocenters. The van der Waals surface area contributed by atoms with Crippen molar-refractivity contribution in [2.24, 2.45) is 5.92 Å². The summed E-state index contributed by atoms with van der Waals surface area (Å²) in [7, 11) is 4.53. The molecule has 1 aromatic heterocycles. The van der Waals surface area contributed by atoms with Crippen LogP contribution in [0.2, 0.25) is 0 Å². The second kappa shape index (κ2) is 7.58. The summed E-state index contributed by atoms with van der Waals surface area (Å²) in [6.45, 7) is 5.74. The highest BCUT2D eigenvalue weighted by Crippen LogP contribution is 2.46. The van der Waals surface area contributed by atoms with Gasteiger partial charge in [-0.25, -0.2) is 0 Å². The number of likely N-dealkylation sites (N-methyl/N-ethyl adjacent to an activating group) is 1. The zero-order valence-electron chi connectivity index (χ0n) is 13.8. The van der Waals surface area contributed by atoms with E-state index in [9.17, 15) is 0 Å². The number of hydrogen-bond acceptors (Lipinski definition) is 3. The smallest absolute Gasteiger partial charge is 0.0526 e. The predicted octanol–water partition coefficient (Wildman–Crippen LogP) is 5.06. The molecule has 1 aliphatic rings. The molecule has 0 saturated heterocycles. The third-order valence-corrected chi connectivity index (χ3v) is 6.74. The van der Waals surface area contributed by atoms with Crippen molar-refractivity contribution < 1.29 is 0 Å². The molecule has 0 bridgehead atoms. The zero-order valence-corrected chi connectivity index (χ0v) is 16.2. The number of rotatable bonds is 6. The number of halogens is 1. The molecule has 0 aromatic carbocycles. The third-order valence-electron chi connectivity index (χ3n) is 4.99. The number of nitrogens with one attached hydrogen (secondary N) is 1. The molecule has 2 nitrogen and oxygen atoms in total.